The Morgan fingerprint density at radius 1 is 1.06 bits per heavy atom. The molecule has 168 valence electrons. The molecule has 0 saturated heterocycles. The molecule has 0 spiro atoms. The van der Waals surface area contributed by atoms with Crippen molar-refractivity contribution in [2.75, 3.05) is 5.75 Å². The summed E-state index contributed by atoms with van der Waals surface area (Å²) in [7, 11) is -1.88. The number of hydrogen-bond acceptors (Lipinski definition) is 4. The van der Waals surface area contributed by atoms with Crippen LogP contribution in [0.1, 0.15) is 6.92 Å². The van der Waals surface area contributed by atoms with Crippen LogP contribution in [-0.4, -0.2) is 27.7 Å². The Morgan fingerprint density at radius 3 is 2.55 bits per heavy atom. The van der Waals surface area contributed by atoms with Gasteiger partial charge in [-0.25, -0.2) is 16.8 Å². The molecule has 0 bridgehead atoms. The smallest absolute Gasteiger partial charge is 0.274 e. The molecule has 5 aromatic rings. The van der Waals surface area contributed by atoms with E-state index in [0.717, 1.165) is 0 Å². The van der Waals surface area contributed by atoms with Gasteiger partial charge in [0.15, 0.2) is 0 Å². The van der Waals surface area contributed by atoms with E-state index in [4.69, 9.17) is 4.74 Å². The summed E-state index contributed by atoms with van der Waals surface area (Å²) in [4.78, 5) is 15.5. The number of nitrogens with zero attached hydrogens (tertiary/aromatic N) is 2. The van der Waals surface area contributed by atoms with Gasteiger partial charge in [-0.1, -0.05) is 0 Å². The van der Waals surface area contributed by atoms with E-state index in [2.05, 4.69) is 4.98 Å². The first kappa shape index (κ1) is 21.0. The number of nitrogens with one attached hydrogen (secondary N) is 1. The topological polar surface area (TPSA) is 86.1 Å². The van der Waals surface area contributed by atoms with Crippen LogP contribution in [0, 0.1) is 5.82 Å². The molecule has 33 heavy (non-hydrogen) atoms. The highest BCUT2D eigenvalue weighted by Crippen LogP contribution is 2.40. The monoisotopic (exact) mass is 465 g/mol. The normalized spacial score (nSPS) is 12.0. The van der Waals surface area contributed by atoms with E-state index in [1.54, 1.807) is 50.6 Å². The van der Waals surface area contributed by atoms with Crippen LogP contribution in [0.4, 0.5) is 4.39 Å². The molecule has 0 aliphatic rings. The van der Waals surface area contributed by atoms with Crippen molar-refractivity contribution in [3.05, 3.63) is 83.3 Å². The highest BCUT2D eigenvalue weighted by Gasteiger charge is 2.20. The molecule has 0 atom stereocenters. The first-order valence-corrected chi connectivity index (χ1v) is 11.9. The zero-order valence-electron chi connectivity index (χ0n) is 17.9. The fraction of sp³-hybridized carbons (Fsp3) is 0.125. The molecule has 0 amide bonds. The molecule has 0 radical (unpaired) electrons. The summed E-state index contributed by atoms with van der Waals surface area (Å²) in [6, 6.07) is 12.6. The Kier molecular flexibility index (Phi) is 4.86. The van der Waals surface area contributed by atoms with Crippen LogP contribution >= 0.6 is 0 Å². The minimum Gasteiger partial charge on any atom is -0.457 e. The largest absolute Gasteiger partial charge is 0.457 e. The van der Waals surface area contributed by atoms with Gasteiger partial charge in [-0.05, 0) is 55.5 Å². The number of rotatable bonds is 5. The molecular formula is C24H20FN3O4S. The number of pyridine rings is 1. The summed E-state index contributed by atoms with van der Waals surface area (Å²) in [5, 5.41) is 1.35. The van der Waals surface area contributed by atoms with Gasteiger partial charge in [0.1, 0.15) is 22.8 Å². The van der Waals surface area contributed by atoms with Gasteiger partial charge in [0, 0.05) is 47.5 Å². The summed E-state index contributed by atoms with van der Waals surface area (Å²) >= 11 is 0. The Labute approximate surface area is 188 Å². The fourth-order valence-corrected chi connectivity index (χ4v) is 4.91. The van der Waals surface area contributed by atoms with Crippen LogP contribution in [0.2, 0.25) is 0 Å². The van der Waals surface area contributed by atoms with Gasteiger partial charge in [0.05, 0.1) is 11.3 Å². The quantitative estimate of drug-likeness (QED) is 0.411. The second kappa shape index (κ2) is 7.63. The van der Waals surface area contributed by atoms with Gasteiger partial charge in [-0.15, -0.1) is 0 Å². The van der Waals surface area contributed by atoms with E-state index >= 15 is 0 Å². The third-order valence-corrected chi connectivity index (χ3v) is 7.29. The van der Waals surface area contributed by atoms with Gasteiger partial charge in [-0.2, -0.15) is 0 Å². The lowest BCUT2D eigenvalue weighted by atomic mass is 10.0. The molecule has 0 aliphatic carbocycles. The molecule has 2 aromatic carbocycles. The zero-order chi connectivity index (χ0) is 23.3. The van der Waals surface area contributed by atoms with Crippen LogP contribution in [-0.2, 0) is 17.1 Å². The molecule has 0 saturated carbocycles. The summed E-state index contributed by atoms with van der Waals surface area (Å²) in [6.45, 7) is 1.59. The Hall–Kier alpha value is -3.85. The van der Waals surface area contributed by atoms with Crippen molar-refractivity contribution in [1.29, 1.82) is 0 Å². The first-order valence-electron chi connectivity index (χ1n) is 10.3. The Balaban J connectivity index is 1.82. The maximum atomic E-state index is 13.4. The number of benzene rings is 2. The lowest BCUT2D eigenvalue weighted by molar-refractivity contribution is 0.483. The maximum Gasteiger partial charge on any atom is 0.274 e. The molecule has 3 aromatic heterocycles. The lowest BCUT2D eigenvalue weighted by Crippen LogP contribution is -2.16. The SMILES string of the molecule is CCS(=O)(=O)n1ccc2cc(Oc3ccc(F)cc3)c(-c3cn(C)c(=O)c4[nH]ccc34)cc21. The summed E-state index contributed by atoms with van der Waals surface area (Å²) < 4.78 is 47.5. The minimum absolute atomic E-state index is 0.0537. The summed E-state index contributed by atoms with van der Waals surface area (Å²) in [5.41, 5.74) is 2.03. The Bertz CT molecular complexity index is 1680. The number of fused-ring (bicyclic) bond motifs is 2. The maximum absolute atomic E-state index is 13.4. The van der Waals surface area contributed by atoms with Crippen molar-refractivity contribution in [1.82, 2.24) is 13.5 Å². The number of halogens is 1. The molecule has 5 rings (SSSR count). The molecule has 1 N–H and O–H groups in total. The number of H-pyrrole nitrogens is 1. The molecular weight excluding hydrogens is 445 g/mol. The third-order valence-electron chi connectivity index (χ3n) is 5.65. The lowest BCUT2D eigenvalue weighted by Gasteiger charge is -2.15. The van der Waals surface area contributed by atoms with Crippen molar-refractivity contribution >= 4 is 31.8 Å². The van der Waals surface area contributed by atoms with Gasteiger partial charge in [0.25, 0.3) is 5.56 Å². The van der Waals surface area contributed by atoms with Gasteiger partial charge in [0.2, 0.25) is 10.0 Å². The van der Waals surface area contributed by atoms with Crippen LogP contribution < -0.4 is 10.3 Å². The minimum atomic E-state index is -3.53. The number of aryl methyl sites for hydroxylation is 1. The average molecular weight is 466 g/mol. The average Bonchev–Trinajstić information content (AvgIpc) is 3.45. The molecule has 3 heterocycles. The van der Waals surface area contributed by atoms with E-state index in [-0.39, 0.29) is 17.1 Å². The number of ether oxygens (including phenoxy) is 1. The second-order valence-electron chi connectivity index (χ2n) is 7.70. The van der Waals surface area contributed by atoms with Crippen molar-refractivity contribution < 1.29 is 17.5 Å². The van der Waals surface area contributed by atoms with Gasteiger partial charge in [-0.3, -0.25) is 4.79 Å². The zero-order valence-corrected chi connectivity index (χ0v) is 18.7. The predicted molar refractivity (Wildman–Crippen MR) is 126 cm³/mol. The number of hydrogen-bond donors (Lipinski definition) is 1. The standard InChI is InChI=1S/C24H20FN3O4S/c1-3-33(30,31)28-11-9-15-12-22(32-17-6-4-16(25)5-7-17)19(13-21(15)28)20-14-27(2)24(29)23-18(20)8-10-26-23/h4-14,26H,3H2,1-2H3. The molecule has 7 nitrogen and oxygen atoms in total. The molecule has 0 aliphatic heterocycles. The predicted octanol–water partition coefficient (Wildman–Crippen LogP) is 4.62. The van der Waals surface area contributed by atoms with E-state index < -0.39 is 10.0 Å². The van der Waals surface area contributed by atoms with E-state index in [9.17, 15) is 17.6 Å². The van der Waals surface area contributed by atoms with Crippen LogP contribution in [0.15, 0.2) is 71.9 Å². The van der Waals surface area contributed by atoms with Crippen LogP contribution in [0.3, 0.4) is 0 Å². The van der Waals surface area contributed by atoms with Gasteiger partial charge >= 0.3 is 0 Å². The molecule has 0 fully saturated rings. The first-order chi connectivity index (χ1) is 15.8. The fourth-order valence-electron chi connectivity index (χ4n) is 3.93. The number of aromatic amines is 1. The number of aromatic nitrogens is 3. The van der Waals surface area contributed by atoms with Crippen LogP contribution in [0.25, 0.3) is 32.9 Å². The highest BCUT2D eigenvalue weighted by atomic mass is 32.2. The Morgan fingerprint density at radius 2 is 1.82 bits per heavy atom. The van der Waals surface area contributed by atoms with E-state index in [1.807, 2.05) is 0 Å². The van der Waals surface area contributed by atoms with E-state index in [1.165, 1.54) is 39.0 Å². The van der Waals surface area contributed by atoms with Crippen molar-refractivity contribution in [3.8, 4) is 22.6 Å². The van der Waals surface area contributed by atoms with Crippen molar-refractivity contribution in [2.45, 2.75) is 6.92 Å². The van der Waals surface area contributed by atoms with Crippen molar-refractivity contribution in [3.63, 3.8) is 0 Å². The summed E-state index contributed by atoms with van der Waals surface area (Å²) in [6.07, 6.45) is 4.89. The third kappa shape index (κ3) is 3.50. The van der Waals surface area contributed by atoms with E-state index in [0.29, 0.717) is 44.4 Å². The highest BCUT2D eigenvalue weighted by molar-refractivity contribution is 7.90. The second-order valence-corrected chi connectivity index (χ2v) is 9.84. The van der Waals surface area contributed by atoms with Gasteiger partial charge < -0.3 is 14.3 Å². The molecule has 0 unspecified atom stereocenters. The van der Waals surface area contributed by atoms with Crippen LogP contribution in [0.5, 0.6) is 11.5 Å². The van der Waals surface area contributed by atoms with Crippen molar-refractivity contribution in [2.24, 2.45) is 7.05 Å². The molecule has 9 heteroatoms. The summed E-state index contributed by atoms with van der Waals surface area (Å²) in [5.74, 6) is 0.434.